The quantitative estimate of drug-likeness (QED) is 0.0422. The van der Waals surface area contributed by atoms with Crippen LogP contribution in [0.25, 0.3) is 0 Å². The summed E-state index contributed by atoms with van der Waals surface area (Å²) in [5.41, 5.74) is 0. The van der Waals surface area contributed by atoms with Crippen molar-refractivity contribution in [2.24, 2.45) is 0 Å². The third-order valence-electron chi connectivity index (χ3n) is 8.02. The SMILES string of the molecule is CC/C=C\C/C=C\C/C=C\C/C=C\CCCCCCCCCCC(=O)OC(CCCCCC)CCCCCCC(=O)NCC(=O)O. The lowest BCUT2D eigenvalue weighted by molar-refractivity contribution is -0.150. The van der Waals surface area contributed by atoms with Gasteiger partial charge in [-0.05, 0) is 77.0 Å². The van der Waals surface area contributed by atoms with E-state index in [4.69, 9.17) is 9.84 Å². The molecule has 0 aliphatic rings. The maximum absolute atomic E-state index is 12.5. The van der Waals surface area contributed by atoms with Gasteiger partial charge in [-0.1, -0.05) is 133 Å². The van der Waals surface area contributed by atoms with Crippen molar-refractivity contribution in [3.8, 4) is 0 Å². The second-order valence-electron chi connectivity index (χ2n) is 12.5. The molecule has 2 N–H and O–H groups in total. The van der Waals surface area contributed by atoms with Crippen LogP contribution in [0.3, 0.4) is 0 Å². The normalized spacial score (nSPS) is 12.6. The first-order valence-electron chi connectivity index (χ1n) is 18.8. The molecule has 0 saturated heterocycles. The van der Waals surface area contributed by atoms with Crippen molar-refractivity contribution >= 4 is 17.8 Å². The Balaban J connectivity index is 3.85. The van der Waals surface area contributed by atoms with E-state index in [1.165, 1.54) is 64.2 Å². The summed E-state index contributed by atoms with van der Waals surface area (Å²) in [7, 11) is 0. The lowest BCUT2D eigenvalue weighted by Gasteiger charge is -2.18. The number of allylic oxidation sites excluding steroid dienone is 8. The molecule has 0 aromatic carbocycles. The van der Waals surface area contributed by atoms with Gasteiger partial charge in [-0.15, -0.1) is 0 Å². The van der Waals surface area contributed by atoms with Crippen LogP contribution in [0.2, 0.25) is 0 Å². The van der Waals surface area contributed by atoms with Gasteiger partial charge in [0.2, 0.25) is 5.91 Å². The summed E-state index contributed by atoms with van der Waals surface area (Å²) in [5, 5.41) is 11.0. The molecule has 6 nitrogen and oxygen atoms in total. The minimum atomic E-state index is -1.02. The summed E-state index contributed by atoms with van der Waals surface area (Å²) in [6, 6.07) is 0. The Labute approximate surface area is 282 Å². The number of esters is 1. The Morgan fingerprint density at radius 3 is 1.63 bits per heavy atom. The molecule has 6 heteroatoms. The Hall–Kier alpha value is -2.63. The number of carboxylic acids is 1. The van der Waals surface area contributed by atoms with E-state index in [1.54, 1.807) is 0 Å². The van der Waals surface area contributed by atoms with Crippen LogP contribution in [-0.2, 0) is 19.1 Å². The zero-order valence-corrected chi connectivity index (χ0v) is 29.7. The number of ether oxygens (including phenoxy) is 1. The highest BCUT2D eigenvalue weighted by molar-refractivity contribution is 5.80. The van der Waals surface area contributed by atoms with E-state index in [1.807, 2.05) is 0 Å². The van der Waals surface area contributed by atoms with Crippen molar-refractivity contribution in [1.82, 2.24) is 5.32 Å². The van der Waals surface area contributed by atoms with E-state index in [9.17, 15) is 14.4 Å². The van der Waals surface area contributed by atoms with Gasteiger partial charge in [-0.25, -0.2) is 0 Å². The largest absolute Gasteiger partial charge is 0.480 e. The summed E-state index contributed by atoms with van der Waals surface area (Å²) in [4.78, 5) is 34.7. The molecule has 0 fully saturated rings. The molecule has 0 bridgehead atoms. The third kappa shape index (κ3) is 34.2. The maximum Gasteiger partial charge on any atom is 0.322 e. The van der Waals surface area contributed by atoms with E-state index >= 15 is 0 Å². The van der Waals surface area contributed by atoms with Gasteiger partial charge in [-0.3, -0.25) is 14.4 Å². The monoisotopic (exact) mass is 644 g/mol. The van der Waals surface area contributed by atoms with Gasteiger partial charge >= 0.3 is 11.9 Å². The van der Waals surface area contributed by atoms with E-state index in [0.717, 1.165) is 83.5 Å². The molecule has 0 radical (unpaired) electrons. The van der Waals surface area contributed by atoms with Crippen LogP contribution in [0.5, 0.6) is 0 Å². The second kappa shape index (κ2) is 35.2. The molecule has 1 amide bonds. The molecular weight excluding hydrogens is 574 g/mol. The Bertz CT molecular complexity index is 845. The van der Waals surface area contributed by atoms with Crippen molar-refractivity contribution in [3.05, 3.63) is 48.6 Å². The summed E-state index contributed by atoms with van der Waals surface area (Å²) >= 11 is 0. The molecule has 1 atom stereocenters. The average molecular weight is 644 g/mol. The molecular formula is C40H69NO5. The van der Waals surface area contributed by atoms with Gasteiger partial charge in [0.25, 0.3) is 0 Å². The number of carboxylic acid groups (broad SMARTS) is 1. The molecule has 0 aromatic heterocycles. The number of hydrogen-bond acceptors (Lipinski definition) is 4. The molecule has 1 unspecified atom stereocenters. The predicted octanol–water partition coefficient (Wildman–Crippen LogP) is 11.1. The van der Waals surface area contributed by atoms with Crippen molar-refractivity contribution in [1.29, 1.82) is 0 Å². The molecule has 0 saturated carbocycles. The van der Waals surface area contributed by atoms with Gasteiger partial charge in [0.15, 0.2) is 0 Å². The summed E-state index contributed by atoms with van der Waals surface area (Å²) in [6.45, 7) is 4.04. The first-order chi connectivity index (χ1) is 22.5. The molecule has 0 aliphatic carbocycles. The van der Waals surface area contributed by atoms with Crippen LogP contribution in [0.1, 0.15) is 174 Å². The summed E-state index contributed by atoms with van der Waals surface area (Å²) < 4.78 is 5.90. The summed E-state index contributed by atoms with van der Waals surface area (Å²) in [6.07, 6.45) is 44.0. The minimum absolute atomic E-state index is 0.0000898. The summed E-state index contributed by atoms with van der Waals surface area (Å²) in [5.74, 6) is -1.28. The molecule has 264 valence electrons. The van der Waals surface area contributed by atoms with E-state index in [0.29, 0.717) is 12.8 Å². The van der Waals surface area contributed by atoms with Crippen LogP contribution in [0.4, 0.5) is 0 Å². The van der Waals surface area contributed by atoms with Crippen LogP contribution in [0.15, 0.2) is 48.6 Å². The number of nitrogens with one attached hydrogen (secondary N) is 1. The number of unbranched alkanes of at least 4 members (excludes halogenated alkanes) is 14. The van der Waals surface area contributed by atoms with E-state index in [2.05, 4.69) is 67.8 Å². The fraction of sp³-hybridized carbons (Fsp3) is 0.725. The molecule has 0 aromatic rings. The van der Waals surface area contributed by atoms with E-state index < -0.39 is 5.97 Å². The Morgan fingerprint density at radius 1 is 0.587 bits per heavy atom. The Kier molecular flexibility index (Phi) is 33.2. The predicted molar refractivity (Wildman–Crippen MR) is 194 cm³/mol. The number of amides is 1. The van der Waals surface area contributed by atoms with Crippen LogP contribution in [0, 0.1) is 0 Å². The first kappa shape index (κ1) is 43.4. The number of rotatable bonds is 33. The smallest absolute Gasteiger partial charge is 0.322 e. The van der Waals surface area contributed by atoms with Gasteiger partial charge in [0.05, 0.1) is 0 Å². The fourth-order valence-corrected chi connectivity index (χ4v) is 5.27. The average Bonchev–Trinajstić information content (AvgIpc) is 3.04. The third-order valence-corrected chi connectivity index (χ3v) is 8.02. The van der Waals surface area contributed by atoms with Crippen LogP contribution < -0.4 is 5.32 Å². The van der Waals surface area contributed by atoms with Crippen LogP contribution in [-0.4, -0.2) is 35.6 Å². The topological polar surface area (TPSA) is 92.7 Å². The van der Waals surface area contributed by atoms with Crippen molar-refractivity contribution in [3.63, 3.8) is 0 Å². The molecule has 0 rings (SSSR count). The molecule has 0 heterocycles. The minimum Gasteiger partial charge on any atom is -0.480 e. The van der Waals surface area contributed by atoms with Gasteiger partial charge in [-0.2, -0.15) is 0 Å². The Morgan fingerprint density at radius 2 is 1.07 bits per heavy atom. The number of hydrogen-bond donors (Lipinski definition) is 2. The highest BCUT2D eigenvalue weighted by atomic mass is 16.5. The van der Waals surface area contributed by atoms with Crippen molar-refractivity contribution in [2.75, 3.05) is 6.54 Å². The molecule has 0 spiro atoms. The van der Waals surface area contributed by atoms with Gasteiger partial charge < -0.3 is 15.2 Å². The second-order valence-corrected chi connectivity index (χ2v) is 12.5. The maximum atomic E-state index is 12.5. The van der Waals surface area contributed by atoms with Crippen molar-refractivity contribution in [2.45, 2.75) is 180 Å². The highest BCUT2D eigenvalue weighted by Gasteiger charge is 2.14. The van der Waals surface area contributed by atoms with Gasteiger partial charge in [0.1, 0.15) is 12.6 Å². The molecule has 46 heavy (non-hydrogen) atoms. The van der Waals surface area contributed by atoms with Crippen LogP contribution >= 0.6 is 0 Å². The lowest BCUT2D eigenvalue weighted by Crippen LogP contribution is -2.28. The number of carbonyl (C=O) groups excluding carboxylic acids is 2. The fourth-order valence-electron chi connectivity index (χ4n) is 5.27. The number of aliphatic carboxylic acids is 1. The van der Waals surface area contributed by atoms with E-state index in [-0.39, 0.29) is 24.5 Å². The first-order valence-corrected chi connectivity index (χ1v) is 18.8. The van der Waals surface area contributed by atoms with Crippen molar-refractivity contribution < 1.29 is 24.2 Å². The lowest BCUT2D eigenvalue weighted by atomic mass is 10.0. The highest BCUT2D eigenvalue weighted by Crippen LogP contribution is 2.18. The van der Waals surface area contributed by atoms with Gasteiger partial charge in [0, 0.05) is 12.8 Å². The zero-order chi connectivity index (χ0) is 33.8. The number of carbonyl (C=O) groups is 3. The standard InChI is InChI=1S/C40H69NO5/c1-3-5-7-9-10-11-12-13-14-15-16-17-18-19-20-21-22-23-24-25-31-35-40(45)46-37(32-28-8-6-4-2)33-29-26-27-30-34-38(42)41-36-39(43)44/h5,7,10-11,13-14,16-17,37H,3-4,6,8-9,12,15,18-36H2,1-2H3,(H,41,42)(H,43,44)/b7-5-,11-10-,14-13-,17-16-. The zero-order valence-electron chi connectivity index (χ0n) is 29.7. The molecule has 0 aliphatic heterocycles.